The molecule has 0 aromatic heterocycles. The van der Waals surface area contributed by atoms with Gasteiger partial charge in [0, 0.05) is 5.02 Å². The minimum Gasteiger partial charge on any atom is -0.319 e. The fraction of sp³-hybridized carbons (Fsp3) is 0.294. The van der Waals surface area contributed by atoms with Crippen LogP contribution in [-0.2, 0) is 12.8 Å². The van der Waals surface area contributed by atoms with Gasteiger partial charge in [0.2, 0.25) is 0 Å². The van der Waals surface area contributed by atoms with Crippen LogP contribution in [-0.4, -0.2) is 13.6 Å². The van der Waals surface area contributed by atoms with E-state index in [0.29, 0.717) is 10.4 Å². The average molecular weight is 371 g/mol. The summed E-state index contributed by atoms with van der Waals surface area (Å²) in [5, 5.41) is 3.97. The van der Waals surface area contributed by atoms with E-state index in [9.17, 15) is 4.39 Å². The molecule has 0 amide bonds. The monoisotopic (exact) mass is 369 g/mol. The number of nitrogens with one attached hydrogen (secondary N) is 1. The van der Waals surface area contributed by atoms with E-state index in [4.69, 9.17) is 11.6 Å². The van der Waals surface area contributed by atoms with Gasteiger partial charge in [0.05, 0.1) is 4.47 Å². The van der Waals surface area contributed by atoms with Crippen LogP contribution in [0.15, 0.2) is 46.9 Å². The Morgan fingerprint density at radius 1 is 1.14 bits per heavy atom. The Labute approximate surface area is 138 Å². The molecule has 1 nitrogen and oxygen atoms in total. The van der Waals surface area contributed by atoms with Crippen molar-refractivity contribution in [2.45, 2.75) is 12.8 Å². The highest BCUT2D eigenvalue weighted by atomic mass is 79.9. The molecule has 0 spiro atoms. The Hall–Kier alpha value is -0.900. The van der Waals surface area contributed by atoms with E-state index in [1.54, 1.807) is 6.07 Å². The van der Waals surface area contributed by atoms with Gasteiger partial charge in [-0.3, -0.25) is 0 Å². The van der Waals surface area contributed by atoms with Crippen molar-refractivity contribution < 1.29 is 4.39 Å². The lowest BCUT2D eigenvalue weighted by atomic mass is 9.92. The second kappa shape index (κ2) is 7.92. The van der Waals surface area contributed by atoms with Crippen molar-refractivity contribution >= 4 is 27.5 Å². The standard InChI is InChI=1S/C17H18BrClFN/c1-21-11-13(9-12-5-7-15(19)8-6-12)10-14-3-2-4-16(20)17(14)18/h2-8,13,21H,9-11H2,1H3. The Bertz CT molecular complexity index is 586. The zero-order chi connectivity index (χ0) is 15.2. The second-order valence-electron chi connectivity index (χ2n) is 5.17. The van der Waals surface area contributed by atoms with Crippen LogP contribution in [0.5, 0.6) is 0 Å². The van der Waals surface area contributed by atoms with E-state index in [2.05, 4.69) is 21.2 Å². The summed E-state index contributed by atoms with van der Waals surface area (Å²) in [6.07, 6.45) is 1.75. The van der Waals surface area contributed by atoms with Crippen LogP contribution in [0.2, 0.25) is 5.02 Å². The third-order valence-corrected chi connectivity index (χ3v) is 4.61. The molecule has 4 heteroatoms. The van der Waals surface area contributed by atoms with E-state index in [1.807, 2.05) is 37.4 Å². The molecule has 0 fully saturated rings. The van der Waals surface area contributed by atoms with Gasteiger partial charge in [0.25, 0.3) is 0 Å². The second-order valence-corrected chi connectivity index (χ2v) is 6.40. The van der Waals surface area contributed by atoms with Crippen molar-refractivity contribution in [3.63, 3.8) is 0 Å². The summed E-state index contributed by atoms with van der Waals surface area (Å²) >= 11 is 9.26. The third kappa shape index (κ3) is 4.80. The molecule has 0 heterocycles. The maximum atomic E-state index is 13.6. The highest BCUT2D eigenvalue weighted by Crippen LogP contribution is 2.24. The van der Waals surface area contributed by atoms with Crippen LogP contribution >= 0.6 is 27.5 Å². The van der Waals surface area contributed by atoms with Crippen molar-refractivity contribution in [3.8, 4) is 0 Å². The zero-order valence-corrected chi connectivity index (χ0v) is 14.2. The first-order valence-corrected chi connectivity index (χ1v) is 8.09. The molecular weight excluding hydrogens is 353 g/mol. The molecule has 21 heavy (non-hydrogen) atoms. The van der Waals surface area contributed by atoms with Crippen LogP contribution in [0.3, 0.4) is 0 Å². The number of rotatable bonds is 6. The van der Waals surface area contributed by atoms with Gasteiger partial charge in [-0.1, -0.05) is 35.9 Å². The van der Waals surface area contributed by atoms with Crippen molar-refractivity contribution in [3.05, 3.63) is 68.9 Å². The van der Waals surface area contributed by atoms with Gasteiger partial charge < -0.3 is 5.32 Å². The minimum atomic E-state index is -0.206. The predicted octanol–water partition coefficient (Wildman–Crippen LogP) is 4.86. The van der Waals surface area contributed by atoms with Gasteiger partial charge in [-0.2, -0.15) is 0 Å². The first-order valence-electron chi connectivity index (χ1n) is 6.92. The lowest BCUT2D eigenvalue weighted by Crippen LogP contribution is -2.23. The molecule has 1 unspecified atom stereocenters. The zero-order valence-electron chi connectivity index (χ0n) is 11.9. The number of hydrogen-bond acceptors (Lipinski definition) is 1. The van der Waals surface area contributed by atoms with Crippen molar-refractivity contribution in [1.29, 1.82) is 0 Å². The summed E-state index contributed by atoms with van der Waals surface area (Å²) in [6, 6.07) is 13.1. The quantitative estimate of drug-likeness (QED) is 0.765. The van der Waals surface area contributed by atoms with E-state index >= 15 is 0 Å². The molecule has 0 aliphatic heterocycles. The summed E-state index contributed by atoms with van der Waals surface area (Å²) in [5.74, 6) is 0.191. The summed E-state index contributed by atoms with van der Waals surface area (Å²) in [5.41, 5.74) is 2.25. The van der Waals surface area contributed by atoms with Gasteiger partial charge in [0.1, 0.15) is 5.82 Å². The van der Waals surface area contributed by atoms with Crippen molar-refractivity contribution in [1.82, 2.24) is 5.32 Å². The normalized spacial score (nSPS) is 12.4. The number of benzene rings is 2. The molecule has 0 saturated carbocycles. The SMILES string of the molecule is CNCC(Cc1ccc(Cl)cc1)Cc1cccc(F)c1Br. The van der Waals surface area contributed by atoms with E-state index < -0.39 is 0 Å². The van der Waals surface area contributed by atoms with Gasteiger partial charge in [-0.25, -0.2) is 4.39 Å². The topological polar surface area (TPSA) is 12.0 Å². The van der Waals surface area contributed by atoms with E-state index in [1.165, 1.54) is 11.6 Å². The average Bonchev–Trinajstić information content (AvgIpc) is 2.46. The predicted molar refractivity (Wildman–Crippen MR) is 90.4 cm³/mol. The van der Waals surface area contributed by atoms with E-state index in [0.717, 1.165) is 30.0 Å². The van der Waals surface area contributed by atoms with Crippen LogP contribution in [0, 0.1) is 11.7 Å². The molecule has 0 bridgehead atoms. The molecule has 0 aliphatic rings. The third-order valence-electron chi connectivity index (χ3n) is 3.47. The van der Waals surface area contributed by atoms with Gasteiger partial charge in [-0.15, -0.1) is 0 Å². The summed E-state index contributed by atoms with van der Waals surface area (Å²) in [7, 11) is 1.94. The number of halogens is 3. The first kappa shape index (κ1) is 16.5. The molecule has 0 aliphatic carbocycles. The molecule has 2 aromatic rings. The largest absolute Gasteiger partial charge is 0.319 e. The molecule has 0 radical (unpaired) electrons. The number of hydrogen-bond donors (Lipinski definition) is 1. The molecular formula is C17H18BrClFN. The lowest BCUT2D eigenvalue weighted by molar-refractivity contribution is 0.490. The van der Waals surface area contributed by atoms with Crippen LogP contribution in [0.1, 0.15) is 11.1 Å². The Balaban J connectivity index is 2.11. The molecule has 112 valence electrons. The first-order chi connectivity index (χ1) is 10.1. The Morgan fingerprint density at radius 3 is 2.52 bits per heavy atom. The maximum Gasteiger partial charge on any atom is 0.137 e. The van der Waals surface area contributed by atoms with Gasteiger partial charge >= 0.3 is 0 Å². The summed E-state index contributed by atoms with van der Waals surface area (Å²) in [4.78, 5) is 0. The summed E-state index contributed by atoms with van der Waals surface area (Å²) < 4.78 is 14.2. The molecule has 2 aromatic carbocycles. The minimum absolute atomic E-state index is 0.206. The smallest absolute Gasteiger partial charge is 0.137 e. The van der Waals surface area contributed by atoms with Crippen LogP contribution < -0.4 is 5.32 Å². The van der Waals surface area contributed by atoms with Crippen molar-refractivity contribution in [2.24, 2.45) is 5.92 Å². The summed E-state index contributed by atoms with van der Waals surface area (Å²) in [6.45, 7) is 0.881. The molecule has 2 rings (SSSR count). The van der Waals surface area contributed by atoms with E-state index in [-0.39, 0.29) is 5.82 Å². The highest BCUT2D eigenvalue weighted by Gasteiger charge is 2.13. The fourth-order valence-electron chi connectivity index (χ4n) is 2.48. The van der Waals surface area contributed by atoms with Crippen molar-refractivity contribution in [2.75, 3.05) is 13.6 Å². The lowest BCUT2D eigenvalue weighted by Gasteiger charge is -2.18. The molecule has 1 atom stereocenters. The molecule has 1 N–H and O–H groups in total. The van der Waals surface area contributed by atoms with Gasteiger partial charge in [0.15, 0.2) is 0 Å². The van der Waals surface area contributed by atoms with Gasteiger partial charge in [-0.05, 0) is 77.6 Å². The van der Waals surface area contributed by atoms with Crippen LogP contribution in [0.25, 0.3) is 0 Å². The van der Waals surface area contributed by atoms with Crippen LogP contribution in [0.4, 0.5) is 4.39 Å². The highest BCUT2D eigenvalue weighted by molar-refractivity contribution is 9.10. The molecule has 0 saturated heterocycles. The Morgan fingerprint density at radius 2 is 1.86 bits per heavy atom. The maximum absolute atomic E-state index is 13.6. The Kier molecular flexibility index (Phi) is 6.22. The fourth-order valence-corrected chi connectivity index (χ4v) is 3.03.